The minimum atomic E-state index is -3.67. The van der Waals surface area contributed by atoms with E-state index in [2.05, 4.69) is 0 Å². The second kappa shape index (κ2) is 6.10. The number of hydrogen-bond acceptors (Lipinski definition) is 4. The van der Waals surface area contributed by atoms with Gasteiger partial charge in [0.1, 0.15) is 0 Å². The highest BCUT2D eigenvalue weighted by Gasteiger charge is 2.26. The van der Waals surface area contributed by atoms with Crippen molar-refractivity contribution < 1.29 is 18.3 Å². The number of carboxylic acid groups (broad SMARTS) is 1. The Labute approximate surface area is 118 Å². The fourth-order valence-electron chi connectivity index (χ4n) is 1.82. The van der Waals surface area contributed by atoms with Crippen LogP contribution in [0.2, 0.25) is 0 Å². The summed E-state index contributed by atoms with van der Waals surface area (Å²) in [4.78, 5) is 10.8. The van der Waals surface area contributed by atoms with Gasteiger partial charge in [0.05, 0.1) is 16.9 Å². The molecule has 1 aromatic carbocycles. The molecule has 0 heterocycles. The number of nitrogens with zero attached hydrogens (tertiary/aromatic N) is 2. The number of nitrogens with two attached hydrogens (primary N) is 1. The number of benzene rings is 1. The molecule has 0 radical (unpaired) electrons. The van der Waals surface area contributed by atoms with E-state index < -0.39 is 16.2 Å². The summed E-state index contributed by atoms with van der Waals surface area (Å²) in [5.41, 5.74) is 6.12. The molecule has 0 aliphatic rings. The fraction of sp³-hybridized carbons (Fsp3) is 0.417. The molecular formula is C12H19N3O4S. The first-order valence-corrected chi connectivity index (χ1v) is 7.52. The number of aromatic carboxylic acids is 1. The van der Waals surface area contributed by atoms with E-state index >= 15 is 0 Å². The quantitative estimate of drug-likeness (QED) is 0.762. The van der Waals surface area contributed by atoms with E-state index in [0.29, 0.717) is 13.1 Å². The molecule has 112 valence electrons. The lowest BCUT2D eigenvalue weighted by Gasteiger charge is -2.27. The van der Waals surface area contributed by atoms with E-state index in [4.69, 9.17) is 10.8 Å². The highest BCUT2D eigenvalue weighted by Crippen LogP contribution is 2.26. The van der Waals surface area contributed by atoms with Crippen LogP contribution in [0.25, 0.3) is 0 Å². The van der Waals surface area contributed by atoms with Gasteiger partial charge in [-0.1, -0.05) is 13.8 Å². The summed E-state index contributed by atoms with van der Waals surface area (Å²) in [7, 11) is -2.28. The summed E-state index contributed by atoms with van der Waals surface area (Å²) in [5.74, 6) is -1.11. The van der Waals surface area contributed by atoms with Crippen LogP contribution in [0, 0.1) is 0 Å². The highest BCUT2D eigenvalue weighted by atomic mass is 32.2. The first kappa shape index (κ1) is 16.3. The molecular weight excluding hydrogens is 282 g/mol. The van der Waals surface area contributed by atoms with Crippen molar-refractivity contribution in [2.24, 2.45) is 0 Å². The Kier molecular flexibility index (Phi) is 4.96. The third-order valence-corrected chi connectivity index (χ3v) is 5.05. The summed E-state index contributed by atoms with van der Waals surface area (Å²) in [6.07, 6.45) is 0. The Hall–Kier alpha value is -1.80. The van der Waals surface area contributed by atoms with E-state index in [-0.39, 0.29) is 16.9 Å². The van der Waals surface area contributed by atoms with Crippen LogP contribution in [0.5, 0.6) is 0 Å². The molecule has 0 aliphatic carbocycles. The topological polar surface area (TPSA) is 104 Å². The molecule has 0 aliphatic heterocycles. The van der Waals surface area contributed by atoms with Crippen LogP contribution in [0.3, 0.4) is 0 Å². The SMILES string of the molecule is CCN(CC)S(=O)(=O)N(C)c1ccc(C(=O)O)cc1N. The van der Waals surface area contributed by atoms with Gasteiger partial charge in [-0.05, 0) is 18.2 Å². The van der Waals surface area contributed by atoms with Gasteiger partial charge in [-0.2, -0.15) is 12.7 Å². The Balaban J connectivity index is 3.21. The van der Waals surface area contributed by atoms with Crippen molar-refractivity contribution in [1.82, 2.24) is 4.31 Å². The normalized spacial score (nSPS) is 11.6. The molecule has 1 aromatic rings. The zero-order chi connectivity index (χ0) is 15.5. The Morgan fingerprint density at radius 2 is 1.85 bits per heavy atom. The predicted octanol–water partition coefficient (Wildman–Crippen LogP) is 0.990. The zero-order valence-electron chi connectivity index (χ0n) is 11.7. The Bertz CT molecular complexity index is 597. The van der Waals surface area contributed by atoms with Gasteiger partial charge in [0.25, 0.3) is 0 Å². The van der Waals surface area contributed by atoms with Gasteiger partial charge in [0.15, 0.2) is 0 Å². The first-order valence-electron chi connectivity index (χ1n) is 6.12. The number of anilines is 2. The van der Waals surface area contributed by atoms with Gasteiger partial charge in [0, 0.05) is 20.1 Å². The molecule has 0 unspecified atom stereocenters. The monoisotopic (exact) mass is 301 g/mol. The molecule has 0 atom stereocenters. The summed E-state index contributed by atoms with van der Waals surface area (Å²) < 4.78 is 27.0. The highest BCUT2D eigenvalue weighted by molar-refractivity contribution is 7.90. The molecule has 0 aromatic heterocycles. The minimum absolute atomic E-state index is 0.0138. The maximum Gasteiger partial charge on any atom is 0.335 e. The molecule has 0 amide bonds. The second-order valence-electron chi connectivity index (χ2n) is 4.14. The largest absolute Gasteiger partial charge is 0.478 e. The molecule has 7 nitrogen and oxygen atoms in total. The molecule has 1 rings (SSSR count). The van der Waals surface area contributed by atoms with E-state index in [9.17, 15) is 13.2 Å². The maximum absolute atomic E-state index is 12.3. The van der Waals surface area contributed by atoms with Crippen molar-refractivity contribution in [2.45, 2.75) is 13.8 Å². The van der Waals surface area contributed by atoms with Crippen LogP contribution >= 0.6 is 0 Å². The first-order chi connectivity index (χ1) is 9.25. The van der Waals surface area contributed by atoms with E-state index in [0.717, 1.165) is 4.31 Å². The second-order valence-corrected chi connectivity index (χ2v) is 6.10. The third kappa shape index (κ3) is 3.02. The molecule has 0 spiro atoms. The van der Waals surface area contributed by atoms with Crippen LogP contribution in [0.1, 0.15) is 24.2 Å². The van der Waals surface area contributed by atoms with Crippen molar-refractivity contribution in [3.8, 4) is 0 Å². The number of nitrogen functional groups attached to an aromatic ring is 1. The molecule has 0 fully saturated rings. The minimum Gasteiger partial charge on any atom is -0.478 e. The number of rotatable bonds is 6. The Morgan fingerprint density at radius 3 is 2.25 bits per heavy atom. The molecule has 0 bridgehead atoms. The van der Waals surface area contributed by atoms with E-state index in [1.165, 1.54) is 29.6 Å². The van der Waals surface area contributed by atoms with Gasteiger partial charge in [-0.25, -0.2) is 4.79 Å². The molecule has 20 heavy (non-hydrogen) atoms. The lowest BCUT2D eigenvalue weighted by Crippen LogP contribution is -2.42. The lowest BCUT2D eigenvalue weighted by atomic mass is 10.2. The average molecular weight is 301 g/mol. The van der Waals surface area contributed by atoms with Crippen molar-refractivity contribution in [3.05, 3.63) is 23.8 Å². The van der Waals surface area contributed by atoms with Crippen molar-refractivity contribution in [1.29, 1.82) is 0 Å². The van der Waals surface area contributed by atoms with E-state index in [1.54, 1.807) is 13.8 Å². The molecule has 0 saturated carbocycles. The van der Waals surface area contributed by atoms with Crippen LogP contribution < -0.4 is 10.0 Å². The molecule has 3 N–H and O–H groups in total. The number of carboxylic acids is 1. The summed E-state index contributed by atoms with van der Waals surface area (Å²) in [5, 5.41) is 8.87. The van der Waals surface area contributed by atoms with Gasteiger partial charge >= 0.3 is 16.2 Å². The number of carbonyl (C=O) groups is 1. The fourth-order valence-corrected chi connectivity index (χ4v) is 3.24. The van der Waals surface area contributed by atoms with E-state index in [1.807, 2.05) is 0 Å². The van der Waals surface area contributed by atoms with Crippen LogP contribution in [0.15, 0.2) is 18.2 Å². The van der Waals surface area contributed by atoms with Crippen LogP contribution in [0.4, 0.5) is 11.4 Å². The van der Waals surface area contributed by atoms with Crippen molar-refractivity contribution in [2.75, 3.05) is 30.2 Å². The Morgan fingerprint density at radius 1 is 1.30 bits per heavy atom. The zero-order valence-corrected chi connectivity index (χ0v) is 12.5. The van der Waals surface area contributed by atoms with Crippen LogP contribution in [-0.2, 0) is 10.2 Å². The van der Waals surface area contributed by atoms with Gasteiger partial charge in [-0.3, -0.25) is 4.31 Å². The summed E-state index contributed by atoms with van der Waals surface area (Å²) in [6, 6.07) is 3.95. The van der Waals surface area contributed by atoms with Gasteiger partial charge < -0.3 is 10.8 Å². The number of hydrogen-bond donors (Lipinski definition) is 2. The molecule has 8 heteroatoms. The van der Waals surface area contributed by atoms with Gasteiger partial charge in [0.2, 0.25) is 0 Å². The average Bonchev–Trinajstić information content (AvgIpc) is 2.38. The van der Waals surface area contributed by atoms with Gasteiger partial charge in [-0.15, -0.1) is 0 Å². The van der Waals surface area contributed by atoms with Crippen molar-refractivity contribution >= 4 is 27.6 Å². The maximum atomic E-state index is 12.3. The summed E-state index contributed by atoms with van der Waals surface area (Å²) >= 11 is 0. The third-order valence-electron chi connectivity index (χ3n) is 2.99. The van der Waals surface area contributed by atoms with Crippen LogP contribution in [-0.4, -0.2) is 43.9 Å². The standard InChI is InChI=1S/C12H19N3O4S/c1-4-15(5-2)20(18,19)14(3)11-7-6-9(12(16)17)8-10(11)13/h6-8H,4-5,13H2,1-3H3,(H,16,17). The molecule has 0 saturated heterocycles. The summed E-state index contributed by atoms with van der Waals surface area (Å²) in [6.45, 7) is 4.17. The smallest absolute Gasteiger partial charge is 0.335 e. The predicted molar refractivity (Wildman–Crippen MR) is 78.1 cm³/mol. The van der Waals surface area contributed by atoms with Crippen molar-refractivity contribution in [3.63, 3.8) is 0 Å². The lowest BCUT2D eigenvalue weighted by molar-refractivity contribution is 0.0697.